The molecule has 0 amide bonds. The second-order valence-corrected chi connectivity index (χ2v) is 5.72. The lowest BCUT2D eigenvalue weighted by Crippen LogP contribution is -2.12. The Kier molecular flexibility index (Phi) is 5.53. The number of nitrogens with zero attached hydrogens (tertiary/aromatic N) is 2. The molecule has 6 heteroatoms. The highest BCUT2D eigenvalue weighted by Gasteiger charge is 2.15. The molecule has 3 nitrogen and oxygen atoms in total. The number of fused-ring (bicyclic) bond motifs is 1. The predicted octanol–water partition coefficient (Wildman–Crippen LogP) is 3.77. The van der Waals surface area contributed by atoms with E-state index in [0.29, 0.717) is 49.3 Å². The van der Waals surface area contributed by atoms with Crippen LogP contribution >= 0.6 is 11.6 Å². The summed E-state index contributed by atoms with van der Waals surface area (Å²) >= 11 is 5.76. The molecule has 1 heterocycles. The van der Waals surface area contributed by atoms with Crippen LogP contribution in [0.1, 0.15) is 19.7 Å². The van der Waals surface area contributed by atoms with Gasteiger partial charge in [-0.15, -0.1) is 11.6 Å². The topological polar surface area (TPSA) is 27.1 Å². The molecule has 2 rings (SSSR count). The number of aryl methyl sites for hydroxylation is 1. The van der Waals surface area contributed by atoms with Crippen molar-refractivity contribution in [3.05, 3.63) is 29.6 Å². The molecule has 116 valence electrons. The van der Waals surface area contributed by atoms with Crippen molar-refractivity contribution in [2.45, 2.75) is 26.8 Å². The van der Waals surface area contributed by atoms with Crippen LogP contribution in [0.5, 0.6) is 0 Å². The summed E-state index contributed by atoms with van der Waals surface area (Å²) in [6.07, 6.45) is 0.501. The van der Waals surface area contributed by atoms with E-state index in [2.05, 4.69) is 18.8 Å². The zero-order chi connectivity index (χ0) is 15.4. The number of rotatable bonds is 7. The molecule has 0 N–H and O–H groups in total. The number of halogens is 3. The highest BCUT2D eigenvalue weighted by atomic mass is 35.5. The van der Waals surface area contributed by atoms with E-state index < -0.39 is 11.6 Å². The molecule has 0 aliphatic carbocycles. The molecule has 0 fully saturated rings. The normalized spacial score (nSPS) is 11.7. The Balaban J connectivity index is 2.27. The molecule has 0 bridgehead atoms. The van der Waals surface area contributed by atoms with Crippen LogP contribution in [0.15, 0.2) is 12.1 Å². The van der Waals surface area contributed by atoms with E-state index in [1.54, 1.807) is 4.57 Å². The summed E-state index contributed by atoms with van der Waals surface area (Å²) < 4.78 is 34.5. The Morgan fingerprint density at radius 3 is 2.76 bits per heavy atom. The molecular formula is C15H19ClF2N2O. The largest absolute Gasteiger partial charge is 0.379 e. The van der Waals surface area contributed by atoms with Crippen molar-refractivity contribution in [3.8, 4) is 0 Å². The van der Waals surface area contributed by atoms with Gasteiger partial charge in [0.2, 0.25) is 0 Å². The smallest absolute Gasteiger partial charge is 0.153 e. The van der Waals surface area contributed by atoms with Gasteiger partial charge in [-0.05, 0) is 12.0 Å². The van der Waals surface area contributed by atoms with Crippen LogP contribution in [0.25, 0.3) is 11.0 Å². The first-order chi connectivity index (χ1) is 10.0. The van der Waals surface area contributed by atoms with Gasteiger partial charge in [0.1, 0.15) is 17.2 Å². The summed E-state index contributed by atoms with van der Waals surface area (Å²) in [6.45, 7) is 5.75. The maximum atomic E-state index is 13.8. The minimum Gasteiger partial charge on any atom is -0.379 e. The van der Waals surface area contributed by atoms with Gasteiger partial charge in [-0.25, -0.2) is 13.8 Å². The van der Waals surface area contributed by atoms with Crippen molar-refractivity contribution in [1.29, 1.82) is 0 Å². The number of hydrogen-bond acceptors (Lipinski definition) is 2. The van der Waals surface area contributed by atoms with Gasteiger partial charge in [0.05, 0.1) is 12.1 Å². The molecule has 0 spiro atoms. The Morgan fingerprint density at radius 2 is 2.10 bits per heavy atom. The van der Waals surface area contributed by atoms with Crippen molar-refractivity contribution in [2.75, 3.05) is 19.1 Å². The van der Waals surface area contributed by atoms with Crippen LogP contribution in [0.3, 0.4) is 0 Å². The third kappa shape index (κ3) is 3.92. The fraction of sp³-hybridized carbons (Fsp3) is 0.533. The summed E-state index contributed by atoms with van der Waals surface area (Å²) in [5.74, 6) is 0.212. The third-order valence-electron chi connectivity index (χ3n) is 3.08. The highest BCUT2D eigenvalue weighted by molar-refractivity contribution is 6.17. The molecule has 0 saturated carbocycles. The second kappa shape index (κ2) is 7.18. The molecule has 1 aromatic carbocycles. The fourth-order valence-electron chi connectivity index (χ4n) is 2.20. The maximum Gasteiger partial charge on any atom is 0.153 e. The highest BCUT2D eigenvalue weighted by Crippen LogP contribution is 2.21. The number of aromatic nitrogens is 2. The summed E-state index contributed by atoms with van der Waals surface area (Å²) in [7, 11) is 0. The van der Waals surface area contributed by atoms with E-state index in [4.69, 9.17) is 16.3 Å². The van der Waals surface area contributed by atoms with E-state index in [1.165, 1.54) is 6.07 Å². The molecule has 21 heavy (non-hydrogen) atoms. The summed E-state index contributed by atoms with van der Waals surface area (Å²) in [5.41, 5.74) is 0.626. The van der Waals surface area contributed by atoms with Crippen molar-refractivity contribution in [2.24, 2.45) is 5.92 Å². The van der Waals surface area contributed by atoms with E-state index >= 15 is 0 Å². The van der Waals surface area contributed by atoms with Gasteiger partial charge in [-0.1, -0.05) is 13.8 Å². The molecule has 0 unspecified atom stereocenters. The van der Waals surface area contributed by atoms with Gasteiger partial charge < -0.3 is 9.30 Å². The maximum absolute atomic E-state index is 13.8. The minimum absolute atomic E-state index is 0.181. The average molecular weight is 317 g/mol. The minimum atomic E-state index is -0.650. The van der Waals surface area contributed by atoms with Crippen LogP contribution in [0.2, 0.25) is 0 Å². The second-order valence-electron chi connectivity index (χ2n) is 5.34. The van der Waals surface area contributed by atoms with Gasteiger partial charge in [0.15, 0.2) is 5.82 Å². The summed E-state index contributed by atoms with van der Waals surface area (Å²) in [6, 6.07) is 2.14. The van der Waals surface area contributed by atoms with E-state index in [0.717, 1.165) is 6.07 Å². The predicted molar refractivity (Wildman–Crippen MR) is 79.7 cm³/mol. The molecule has 0 radical (unpaired) electrons. The van der Waals surface area contributed by atoms with Crippen molar-refractivity contribution in [3.63, 3.8) is 0 Å². The molecule has 0 atom stereocenters. The van der Waals surface area contributed by atoms with E-state index in [-0.39, 0.29) is 5.52 Å². The molecule has 2 aromatic rings. The molecule has 0 aliphatic heterocycles. The number of hydrogen-bond donors (Lipinski definition) is 0. The number of benzene rings is 1. The van der Waals surface area contributed by atoms with Crippen LogP contribution in [-0.2, 0) is 17.7 Å². The Morgan fingerprint density at radius 1 is 1.33 bits per heavy atom. The Hall–Kier alpha value is -1.20. The van der Waals surface area contributed by atoms with Crippen molar-refractivity contribution >= 4 is 22.6 Å². The third-order valence-corrected chi connectivity index (χ3v) is 3.27. The van der Waals surface area contributed by atoms with Crippen molar-refractivity contribution < 1.29 is 13.5 Å². The number of alkyl halides is 1. The first-order valence-electron chi connectivity index (χ1n) is 7.00. The lowest BCUT2D eigenvalue weighted by atomic mass is 10.2. The lowest BCUT2D eigenvalue weighted by molar-refractivity contribution is 0.103. The van der Waals surface area contributed by atoms with Crippen LogP contribution in [0, 0.1) is 17.6 Å². The molecular weight excluding hydrogens is 298 g/mol. The van der Waals surface area contributed by atoms with Gasteiger partial charge in [0, 0.05) is 31.5 Å². The fourth-order valence-corrected chi connectivity index (χ4v) is 2.37. The van der Waals surface area contributed by atoms with Crippen LogP contribution < -0.4 is 0 Å². The van der Waals surface area contributed by atoms with Gasteiger partial charge in [-0.2, -0.15) is 0 Å². The van der Waals surface area contributed by atoms with Crippen LogP contribution in [-0.4, -0.2) is 28.6 Å². The lowest BCUT2D eigenvalue weighted by Gasteiger charge is -2.10. The molecule has 1 aromatic heterocycles. The Labute approximate surface area is 127 Å². The SMILES string of the molecule is CC(C)COCCn1c(CCCl)nc2c(F)cc(F)cc21. The standard InChI is InChI=1S/C15H19ClF2N2O/c1-10(2)9-21-6-5-20-13-8-11(17)7-12(18)15(13)19-14(20)3-4-16/h7-8,10H,3-6,9H2,1-2H3. The quantitative estimate of drug-likeness (QED) is 0.574. The first kappa shape index (κ1) is 16.2. The van der Waals surface area contributed by atoms with Crippen LogP contribution in [0.4, 0.5) is 8.78 Å². The number of ether oxygens (including phenoxy) is 1. The van der Waals surface area contributed by atoms with Gasteiger partial charge >= 0.3 is 0 Å². The average Bonchev–Trinajstić information content (AvgIpc) is 2.73. The summed E-state index contributed by atoms with van der Waals surface area (Å²) in [5, 5.41) is 0. The summed E-state index contributed by atoms with van der Waals surface area (Å²) in [4.78, 5) is 4.24. The number of imidazole rings is 1. The van der Waals surface area contributed by atoms with E-state index in [1.807, 2.05) is 0 Å². The van der Waals surface area contributed by atoms with Gasteiger partial charge in [0.25, 0.3) is 0 Å². The molecule has 0 saturated heterocycles. The molecule has 0 aliphatic rings. The first-order valence-corrected chi connectivity index (χ1v) is 7.54. The van der Waals surface area contributed by atoms with E-state index in [9.17, 15) is 8.78 Å². The van der Waals surface area contributed by atoms with Gasteiger partial charge in [-0.3, -0.25) is 0 Å². The zero-order valence-corrected chi connectivity index (χ0v) is 13.0. The Bertz CT molecular complexity index is 613. The zero-order valence-electron chi connectivity index (χ0n) is 12.2. The monoisotopic (exact) mass is 316 g/mol. The van der Waals surface area contributed by atoms with Crippen molar-refractivity contribution in [1.82, 2.24) is 9.55 Å².